The lowest BCUT2D eigenvalue weighted by Gasteiger charge is -2.16. The maximum absolute atomic E-state index is 5.60. The van der Waals surface area contributed by atoms with Gasteiger partial charge in [-0.05, 0) is 6.92 Å². The minimum absolute atomic E-state index is 0.819. The minimum atomic E-state index is 0.819. The molecule has 0 heterocycles. The molecule has 0 saturated carbocycles. The summed E-state index contributed by atoms with van der Waals surface area (Å²) in [6.45, 7) is 2.04. The fourth-order valence-electron chi connectivity index (χ4n) is 1.14. The van der Waals surface area contributed by atoms with E-state index < -0.39 is 0 Å². The fraction of sp³-hybridized carbons (Fsp3) is 0.200. The van der Waals surface area contributed by atoms with Gasteiger partial charge < -0.3 is 10.7 Å². The Balaban J connectivity index is 3.00. The van der Waals surface area contributed by atoms with E-state index in [1.165, 1.54) is 16.8 Å². The van der Waals surface area contributed by atoms with E-state index in [2.05, 4.69) is 0 Å². The molecule has 4 N–H and O–H groups in total. The molecule has 13 heavy (non-hydrogen) atoms. The van der Waals surface area contributed by atoms with Gasteiger partial charge in [-0.1, -0.05) is 29.8 Å². The van der Waals surface area contributed by atoms with Crippen LogP contribution in [0.1, 0.15) is 11.1 Å². The van der Waals surface area contributed by atoms with Crippen LogP contribution in [0.25, 0.3) is 5.70 Å². The molecule has 0 amide bonds. The number of nitrogens with zero attached hydrogens (tertiary/aromatic N) is 1. The predicted molar refractivity (Wildman–Crippen MR) is 55.3 cm³/mol. The molecule has 0 fully saturated rings. The average molecular weight is 177 g/mol. The molecule has 0 aromatic heterocycles. The van der Waals surface area contributed by atoms with Crippen molar-refractivity contribution in [2.75, 3.05) is 7.05 Å². The molecule has 1 rings (SSSR count). The quantitative estimate of drug-likeness (QED) is 0.524. The first-order valence-electron chi connectivity index (χ1n) is 4.12. The molecule has 0 aliphatic carbocycles. The SMILES string of the molecule is Cc1ccc(/C(=C/N)N(C)N)cc1. The van der Waals surface area contributed by atoms with Crippen molar-refractivity contribution in [2.45, 2.75) is 6.92 Å². The van der Waals surface area contributed by atoms with Crippen molar-refractivity contribution in [3.63, 3.8) is 0 Å². The van der Waals surface area contributed by atoms with E-state index in [-0.39, 0.29) is 0 Å². The van der Waals surface area contributed by atoms with Gasteiger partial charge in [-0.3, -0.25) is 0 Å². The zero-order valence-electron chi connectivity index (χ0n) is 7.99. The van der Waals surface area contributed by atoms with Crippen LogP contribution in [-0.2, 0) is 0 Å². The van der Waals surface area contributed by atoms with Crippen LogP contribution in [-0.4, -0.2) is 12.1 Å². The molecule has 1 aromatic carbocycles. The summed E-state index contributed by atoms with van der Waals surface area (Å²) < 4.78 is 0. The molecular weight excluding hydrogens is 162 g/mol. The topological polar surface area (TPSA) is 55.3 Å². The molecule has 3 heteroatoms. The van der Waals surface area contributed by atoms with Gasteiger partial charge >= 0.3 is 0 Å². The summed E-state index contributed by atoms with van der Waals surface area (Å²) in [5.74, 6) is 5.60. The van der Waals surface area contributed by atoms with Crippen LogP contribution < -0.4 is 11.6 Å². The molecule has 0 radical (unpaired) electrons. The van der Waals surface area contributed by atoms with Crippen LogP contribution >= 0.6 is 0 Å². The van der Waals surface area contributed by atoms with Crippen LogP contribution in [0.5, 0.6) is 0 Å². The van der Waals surface area contributed by atoms with Gasteiger partial charge in [0.2, 0.25) is 0 Å². The van der Waals surface area contributed by atoms with E-state index in [1.807, 2.05) is 31.2 Å². The molecular formula is C10H15N3. The number of hydrogen-bond donors (Lipinski definition) is 2. The summed E-state index contributed by atoms with van der Waals surface area (Å²) in [5.41, 5.74) is 8.53. The van der Waals surface area contributed by atoms with Gasteiger partial charge in [-0.25, -0.2) is 5.84 Å². The Morgan fingerprint density at radius 1 is 1.31 bits per heavy atom. The van der Waals surface area contributed by atoms with Gasteiger partial charge in [0.25, 0.3) is 0 Å². The van der Waals surface area contributed by atoms with Gasteiger partial charge in [0, 0.05) is 18.8 Å². The molecule has 0 atom stereocenters. The van der Waals surface area contributed by atoms with Crippen LogP contribution in [0.15, 0.2) is 30.5 Å². The maximum Gasteiger partial charge on any atom is 0.0740 e. The summed E-state index contributed by atoms with van der Waals surface area (Å²) in [7, 11) is 1.76. The van der Waals surface area contributed by atoms with Crippen LogP contribution in [0.2, 0.25) is 0 Å². The Morgan fingerprint density at radius 2 is 1.85 bits per heavy atom. The number of nitrogens with two attached hydrogens (primary N) is 2. The van der Waals surface area contributed by atoms with E-state index >= 15 is 0 Å². The molecule has 0 unspecified atom stereocenters. The second-order valence-corrected chi connectivity index (χ2v) is 3.03. The normalized spacial score (nSPS) is 11.5. The smallest absolute Gasteiger partial charge is 0.0740 e. The lowest BCUT2D eigenvalue weighted by atomic mass is 10.1. The predicted octanol–water partition coefficient (Wildman–Crippen LogP) is 1.06. The molecule has 0 bridgehead atoms. The fourth-order valence-corrected chi connectivity index (χ4v) is 1.14. The van der Waals surface area contributed by atoms with Crippen molar-refractivity contribution < 1.29 is 0 Å². The molecule has 3 nitrogen and oxygen atoms in total. The third-order valence-corrected chi connectivity index (χ3v) is 1.89. The summed E-state index contributed by atoms with van der Waals surface area (Å²) in [6.07, 6.45) is 1.50. The Labute approximate surface area is 78.6 Å². The first kappa shape index (κ1) is 9.61. The van der Waals surface area contributed by atoms with Crippen LogP contribution in [0.4, 0.5) is 0 Å². The first-order chi connectivity index (χ1) is 6.15. The Kier molecular flexibility index (Phi) is 2.93. The number of hydrazine groups is 1. The van der Waals surface area contributed by atoms with E-state index in [4.69, 9.17) is 11.6 Å². The summed E-state index contributed by atoms with van der Waals surface area (Å²) in [6, 6.07) is 8.06. The highest BCUT2D eigenvalue weighted by molar-refractivity contribution is 5.63. The van der Waals surface area contributed by atoms with Gasteiger partial charge in [-0.2, -0.15) is 0 Å². The van der Waals surface area contributed by atoms with Crippen molar-refractivity contribution in [3.05, 3.63) is 41.6 Å². The zero-order chi connectivity index (χ0) is 9.84. The molecule has 0 aliphatic heterocycles. The second-order valence-electron chi connectivity index (χ2n) is 3.03. The zero-order valence-corrected chi connectivity index (χ0v) is 7.99. The number of benzene rings is 1. The molecule has 0 spiro atoms. The van der Waals surface area contributed by atoms with E-state index in [0.717, 1.165) is 11.3 Å². The Hall–Kier alpha value is -1.48. The summed E-state index contributed by atoms with van der Waals surface area (Å²) >= 11 is 0. The monoisotopic (exact) mass is 177 g/mol. The largest absolute Gasteiger partial charge is 0.403 e. The highest BCUT2D eigenvalue weighted by atomic mass is 15.4. The van der Waals surface area contributed by atoms with Crippen molar-refractivity contribution in [3.8, 4) is 0 Å². The van der Waals surface area contributed by atoms with Crippen molar-refractivity contribution >= 4 is 5.70 Å². The molecule has 0 aliphatic rings. The summed E-state index contributed by atoms with van der Waals surface area (Å²) in [5, 5.41) is 1.50. The van der Waals surface area contributed by atoms with Crippen LogP contribution in [0, 0.1) is 6.92 Å². The maximum atomic E-state index is 5.60. The summed E-state index contributed by atoms with van der Waals surface area (Å²) in [4.78, 5) is 0. The number of aryl methyl sites for hydroxylation is 1. The second kappa shape index (κ2) is 3.96. The van der Waals surface area contributed by atoms with Gasteiger partial charge in [0.15, 0.2) is 0 Å². The lowest BCUT2D eigenvalue weighted by molar-refractivity contribution is 0.510. The van der Waals surface area contributed by atoms with E-state index in [9.17, 15) is 0 Å². The van der Waals surface area contributed by atoms with E-state index in [0.29, 0.717) is 0 Å². The first-order valence-corrected chi connectivity index (χ1v) is 4.12. The molecule has 1 aromatic rings. The van der Waals surface area contributed by atoms with Crippen molar-refractivity contribution in [1.29, 1.82) is 0 Å². The average Bonchev–Trinajstić information content (AvgIpc) is 2.09. The van der Waals surface area contributed by atoms with Crippen LogP contribution in [0.3, 0.4) is 0 Å². The van der Waals surface area contributed by atoms with Gasteiger partial charge in [0.05, 0.1) is 5.70 Å². The third kappa shape index (κ3) is 2.23. The molecule has 70 valence electrons. The lowest BCUT2D eigenvalue weighted by Crippen LogP contribution is -2.24. The van der Waals surface area contributed by atoms with Gasteiger partial charge in [0.1, 0.15) is 0 Å². The Morgan fingerprint density at radius 3 is 2.23 bits per heavy atom. The molecule has 0 saturated heterocycles. The minimum Gasteiger partial charge on any atom is -0.403 e. The third-order valence-electron chi connectivity index (χ3n) is 1.89. The van der Waals surface area contributed by atoms with Gasteiger partial charge in [-0.15, -0.1) is 0 Å². The highest BCUT2D eigenvalue weighted by Crippen LogP contribution is 2.14. The van der Waals surface area contributed by atoms with Crippen molar-refractivity contribution in [1.82, 2.24) is 5.01 Å². The van der Waals surface area contributed by atoms with Crippen molar-refractivity contribution in [2.24, 2.45) is 11.6 Å². The number of rotatable bonds is 2. The van der Waals surface area contributed by atoms with E-state index in [1.54, 1.807) is 7.05 Å². The standard InChI is InChI=1S/C10H15N3/c1-8-3-5-9(6-4-8)10(7-11)13(2)12/h3-7H,11-12H2,1-2H3/b10-7-. The Bertz CT molecular complexity index is 298. The number of hydrogen-bond acceptors (Lipinski definition) is 3. The highest BCUT2D eigenvalue weighted by Gasteiger charge is 2.01.